The molecule has 1 heterocycles. The second kappa shape index (κ2) is 6.19. The fraction of sp³-hybridized carbons (Fsp3) is 0.375. The van der Waals surface area contributed by atoms with Gasteiger partial charge in [0, 0.05) is 36.8 Å². The first-order valence-corrected chi connectivity index (χ1v) is 6.93. The quantitative estimate of drug-likeness (QED) is 0.852. The molecule has 2 N–H and O–H groups in total. The number of methoxy groups -OCH3 is 1. The van der Waals surface area contributed by atoms with Crippen LogP contribution in [0.2, 0.25) is 0 Å². The van der Waals surface area contributed by atoms with Crippen LogP contribution < -0.4 is 5.32 Å². The average molecular weight is 304 g/mol. The molecule has 0 radical (unpaired) electrons. The number of amides is 1. The van der Waals surface area contributed by atoms with Crippen molar-refractivity contribution in [3.8, 4) is 0 Å². The summed E-state index contributed by atoms with van der Waals surface area (Å²) in [5.74, 6) is -1.30. The predicted molar refractivity (Wildman–Crippen MR) is 82.9 cm³/mol. The molecule has 6 nitrogen and oxygen atoms in total. The normalized spacial score (nSPS) is 13.8. The van der Waals surface area contributed by atoms with Gasteiger partial charge < -0.3 is 19.7 Å². The summed E-state index contributed by atoms with van der Waals surface area (Å²) in [4.78, 5) is 23.6. The second-order valence-corrected chi connectivity index (χ2v) is 5.68. The number of carbonyl (C=O) groups excluding carboxylic acids is 1. The first kappa shape index (κ1) is 16.0. The molecule has 22 heavy (non-hydrogen) atoms. The van der Waals surface area contributed by atoms with Gasteiger partial charge in [0.05, 0.1) is 18.6 Å². The van der Waals surface area contributed by atoms with Crippen LogP contribution in [-0.2, 0) is 16.6 Å². The van der Waals surface area contributed by atoms with Crippen molar-refractivity contribution in [2.75, 3.05) is 13.7 Å². The number of nitrogens with one attached hydrogen (secondary N) is 1. The van der Waals surface area contributed by atoms with Gasteiger partial charge in [-0.25, -0.2) is 0 Å². The summed E-state index contributed by atoms with van der Waals surface area (Å²) in [6.07, 6.45) is 1.67. The molecule has 0 saturated carbocycles. The summed E-state index contributed by atoms with van der Waals surface area (Å²) in [6.45, 7) is 1.78. The van der Waals surface area contributed by atoms with Gasteiger partial charge in [-0.3, -0.25) is 9.59 Å². The maximum atomic E-state index is 12.6. The third-order valence-electron chi connectivity index (χ3n) is 3.59. The van der Waals surface area contributed by atoms with E-state index in [1.807, 2.05) is 36.0 Å². The number of carboxylic acids is 1. The van der Waals surface area contributed by atoms with E-state index in [-0.39, 0.29) is 18.9 Å². The summed E-state index contributed by atoms with van der Waals surface area (Å²) in [7, 11) is 3.38. The number of aliphatic carboxylic acids is 1. The lowest BCUT2D eigenvalue weighted by Crippen LogP contribution is -2.50. The molecular formula is C16H20N2O4. The molecule has 0 spiro atoms. The third kappa shape index (κ3) is 3.28. The fourth-order valence-electron chi connectivity index (χ4n) is 2.63. The van der Waals surface area contributed by atoms with Crippen molar-refractivity contribution < 1.29 is 19.4 Å². The lowest BCUT2D eigenvalue weighted by Gasteiger charge is -2.28. The molecule has 2 aromatic rings. The molecule has 1 atom stereocenters. The van der Waals surface area contributed by atoms with Gasteiger partial charge in [0.25, 0.3) is 5.91 Å². The van der Waals surface area contributed by atoms with Gasteiger partial charge in [0.15, 0.2) is 0 Å². The van der Waals surface area contributed by atoms with Crippen LogP contribution in [0.1, 0.15) is 23.7 Å². The number of aromatic nitrogens is 1. The molecule has 118 valence electrons. The topological polar surface area (TPSA) is 80.6 Å². The molecule has 6 heteroatoms. The van der Waals surface area contributed by atoms with Crippen LogP contribution in [0, 0.1) is 0 Å². The zero-order chi connectivity index (χ0) is 16.3. The summed E-state index contributed by atoms with van der Waals surface area (Å²) in [5, 5.41) is 12.6. The number of rotatable bonds is 6. The highest BCUT2D eigenvalue weighted by Crippen LogP contribution is 2.21. The summed E-state index contributed by atoms with van der Waals surface area (Å²) in [6, 6.07) is 7.33. The molecule has 1 aromatic carbocycles. The van der Waals surface area contributed by atoms with Gasteiger partial charge in [-0.05, 0) is 25.1 Å². The van der Waals surface area contributed by atoms with E-state index in [0.717, 1.165) is 10.9 Å². The Hall–Kier alpha value is -2.34. The van der Waals surface area contributed by atoms with Crippen LogP contribution in [0.25, 0.3) is 10.9 Å². The van der Waals surface area contributed by atoms with E-state index in [1.165, 1.54) is 7.11 Å². The minimum Gasteiger partial charge on any atom is -0.481 e. The number of fused-ring (bicyclic) bond motifs is 1. The highest BCUT2D eigenvalue weighted by Gasteiger charge is 2.30. The van der Waals surface area contributed by atoms with Crippen molar-refractivity contribution in [3.63, 3.8) is 0 Å². The van der Waals surface area contributed by atoms with Gasteiger partial charge in [-0.2, -0.15) is 0 Å². The Kier molecular flexibility index (Phi) is 4.51. The highest BCUT2D eigenvalue weighted by molar-refractivity contribution is 6.06. The van der Waals surface area contributed by atoms with Crippen LogP contribution >= 0.6 is 0 Å². The van der Waals surface area contributed by atoms with Crippen molar-refractivity contribution in [1.29, 1.82) is 0 Å². The van der Waals surface area contributed by atoms with E-state index in [2.05, 4.69) is 5.32 Å². The number of ether oxygens (including phenoxy) is 1. The number of hydrogen-bond donors (Lipinski definition) is 2. The van der Waals surface area contributed by atoms with Gasteiger partial charge >= 0.3 is 5.97 Å². The number of carboxylic acid groups (broad SMARTS) is 1. The molecule has 0 aliphatic heterocycles. The van der Waals surface area contributed by atoms with Crippen molar-refractivity contribution in [2.24, 2.45) is 7.05 Å². The predicted octanol–water partition coefficient (Wildman–Crippen LogP) is 1.79. The van der Waals surface area contributed by atoms with E-state index in [1.54, 1.807) is 13.0 Å². The van der Waals surface area contributed by atoms with E-state index in [9.17, 15) is 9.59 Å². The van der Waals surface area contributed by atoms with Gasteiger partial charge in [0.2, 0.25) is 0 Å². The molecule has 1 unspecified atom stereocenters. The Morgan fingerprint density at radius 1 is 1.36 bits per heavy atom. The van der Waals surface area contributed by atoms with Crippen LogP contribution in [0.4, 0.5) is 0 Å². The number of benzene rings is 1. The molecule has 1 aromatic heterocycles. The Labute approximate surface area is 128 Å². The zero-order valence-electron chi connectivity index (χ0n) is 12.9. The number of aryl methyl sites for hydroxylation is 1. The van der Waals surface area contributed by atoms with Crippen molar-refractivity contribution in [2.45, 2.75) is 18.9 Å². The Morgan fingerprint density at radius 3 is 2.73 bits per heavy atom. The first-order chi connectivity index (χ1) is 10.4. The fourth-order valence-corrected chi connectivity index (χ4v) is 2.63. The molecule has 2 rings (SSSR count). The maximum Gasteiger partial charge on any atom is 0.305 e. The number of carbonyl (C=O) groups is 2. The van der Waals surface area contributed by atoms with Gasteiger partial charge in [-0.15, -0.1) is 0 Å². The van der Waals surface area contributed by atoms with E-state index >= 15 is 0 Å². The standard InChI is InChI=1S/C16H20N2O4/c1-16(10-22-3,9-14(19)20)17-15(21)12-5-4-6-13-11(12)7-8-18(13)2/h4-8H,9-10H2,1-3H3,(H,17,21)(H,19,20). The summed E-state index contributed by atoms with van der Waals surface area (Å²) < 4.78 is 6.98. The lowest BCUT2D eigenvalue weighted by molar-refractivity contribution is -0.139. The van der Waals surface area contributed by atoms with Gasteiger partial charge in [0.1, 0.15) is 0 Å². The first-order valence-electron chi connectivity index (χ1n) is 6.93. The van der Waals surface area contributed by atoms with Crippen LogP contribution in [0.15, 0.2) is 30.5 Å². The van der Waals surface area contributed by atoms with Crippen LogP contribution in [-0.4, -0.2) is 40.8 Å². The third-order valence-corrected chi connectivity index (χ3v) is 3.59. The van der Waals surface area contributed by atoms with Crippen LogP contribution in [0.5, 0.6) is 0 Å². The molecule has 0 saturated heterocycles. The van der Waals surface area contributed by atoms with Crippen molar-refractivity contribution in [3.05, 3.63) is 36.0 Å². The Morgan fingerprint density at radius 2 is 2.09 bits per heavy atom. The second-order valence-electron chi connectivity index (χ2n) is 5.68. The Balaban J connectivity index is 2.31. The summed E-state index contributed by atoms with van der Waals surface area (Å²) >= 11 is 0. The smallest absolute Gasteiger partial charge is 0.305 e. The molecule has 0 bridgehead atoms. The zero-order valence-corrected chi connectivity index (χ0v) is 12.9. The van der Waals surface area contributed by atoms with Crippen molar-refractivity contribution >= 4 is 22.8 Å². The van der Waals surface area contributed by atoms with Crippen LogP contribution in [0.3, 0.4) is 0 Å². The van der Waals surface area contributed by atoms with E-state index in [0.29, 0.717) is 5.56 Å². The summed E-state index contributed by atoms with van der Waals surface area (Å²) in [5.41, 5.74) is 0.499. The molecular weight excluding hydrogens is 284 g/mol. The van der Waals surface area contributed by atoms with Gasteiger partial charge in [-0.1, -0.05) is 6.07 Å². The highest BCUT2D eigenvalue weighted by atomic mass is 16.5. The minimum absolute atomic E-state index is 0.121. The van der Waals surface area contributed by atoms with E-state index in [4.69, 9.17) is 9.84 Å². The monoisotopic (exact) mass is 304 g/mol. The molecule has 1 amide bonds. The number of nitrogens with zero attached hydrogens (tertiary/aromatic N) is 1. The van der Waals surface area contributed by atoms with Crippen molar-refractivity contribution in [1.82, 2.24) is 9.88 Å². The SMILES string of the molecule is COCC(C)(CC(=O)O)NC(=O)c1cccc2c1ccn2C. The Bertz CT molecular complexity index is 707. The minimum atomic E-state index is -0.988. The largest absolute Gasteiger partial charge is 0.481 e. The van der Waals surface area contributed by atoms with E-state index < -0.39 is 11.5 Å². The average Bonchev–Trinajstić information content (AvgIpc) is 2.79. The maximum absolute atomic E-state index is 12.6. The molecule has 0 aliphatic rings. The number of hydrogen-bond acceptors (Lipinski definition) is 3. The molecule has 0 aliphatic carbocycles. The molecule has 0 fully saturated rings. The lowest BCUT2D eigenvalue weighted by atomic mass is 9.97.